The van der Waals surface area contributed by atoms with Crippen LogP contribution in [0.15, 0.2) is 28.9 Å². The molecule has 0 radical (unpaired) electrons. The van der Waals surface area contributed by atoms with E-state index in [-0.39, 0.29) is 11.5 Å². The Balaban J connectivity index is 1.57. The number of ether oxygens (including phenoxy) is 1. The lowest BCUT2D eigenvalue weighted by Crippen LogP contribution is -2.04. The Bertz CT molecular complexity index is 912. The smallest absolute Gasteiger partial charge is 0.229 e. The maximum atomic E-state index is 14.2. The molecule has 1 saturated carbocycles. The monoisotopic (exact) mass is 356 g/mol. The molecular formula is C19H21FN4O2. The lowest BCUT2D eigenvalue weighted by Gasteiger charge is -2.02. The molecule has 6 nitrogen and oxygen atoms in total. The van der Waals surface area contributed by atoms with Gasteiger partial charge in [0.15, 0.2) is 5.82 Å². The second-order valence-electron chi connectivity index (χ2n) is 6.65. The number of aromatic nitrogens is 4. The van der Waals surface area contributed by atoms with Gasteiger partial charge in [-0.15, -0.1) is 0 Å². The summed E-state index contributed by atoms with van der Waals surface area (Å²) in [6.45, 7) is 2.26. The van der Waals surface area contributed by atoms with Crippen LogP contribution >= 0.6 is 0 Å². The topological polar surface area (TPSA) is 66.0 Å². The largest absolute Gasteiger partial charge is 0.497 e. The third-order valence-electron chi connectivity index (χ3n) is 4.88. The van der Waals surface area contributed by atoms with Crippen LogP contribution in [0.5, 0.6) is 5.75 Å². The van der Waals surface area contributed by atoms with Gasteiger partial charge in [0.2, 0.25) is 5.89 Å². The van der Waals surface area contributed by atoms with Gasteiger partial charge < -0.3 is 9.15 Å². The van der Waals surface area contributed by atoms with Gasteiger partial charge in [0.05, 0.1) is 19.2 Å². The maximum absolute atomic E-state index is 14.2. The Morgan fingerprint density at radius 3 is 2.88 bits per heavy atom. The van der Waals surface area contributed by atoms with E-state index in [1.54, 1.807) is 23.1 Å². The zero-order valence-electron chi connectivity index (χ0n) is 14.9. The molecule has 0 N–H and O–H groups in total. The van der Waals surface area contributed by atoms with Crippen molar-refractivity contribution in [2.45, 2.75) is 45.1 Å². The molecule has 3 aromatic rings. The van der Waals surface area contributed by atoms with Gasteiger partial charge in [0.25, 0.3) is 0 Å². The first-order chi connectivity index (χ1) is 12.6. The summed E-state index contributed by atoms with van der Waals surface area (Å²) in [6, 6.07) is 4.49. The van der Waals surface area contributed by atoms with Crippen molar-refractivity contribution < 1.29 is 13.5 Å². The first kappa shape index (κ1) is 16.8. The normalized spacial score (nSPS) is 14.9. The lowest BCUT2D eigenvalue weighted by molar-refractivity contribution is 0.413. The predicted molar refractivity (Wildman–Crippen MR) is 93.5 cm³/mol. The Morgan fingerprint density at radius 2 is 2.12 bits per heavy atom. The molecule has 0 bridgehead atoms. The number of hydrogen-bond donors (Lipinski definition) is 0. The van der Waals surface area contributed by atoms with Gasteiger partial charge in [-0.1, -0.05) is 12.8 Å². The van der Waals surface area contributed by atoms with Gasteiger partial charge >= 0.3 is 0 Å². The second-order valence-corrected chi connectivity index (χ2v) is 6.65. The van der Waals surface area contributed by atoms with Crippen LogP contribution < -0.4 is 4.74 Å². The quantitative estimate of drug-likeness (QED) is 0.689. The number of hydrogen-bond acceptors (Lipinski definition) is 5. The highest BCUT2D eigenvalue weighted by atomic mass is 19.1. The van der Waals surface area contributed by atoms with Crippen molar-refractivity contribution in [3.8, 4) is 17.2 Å². The summed E-state index contributed by atoms with van der Waals surface area (Å²) in [5, 5.41) is 4.59. The number of nitrogens with zero attached hydrogens (tertiary/aromatic N) is 4. The Hall–Kier alpha value is -2.70. The lowest BCUT2D eigenvalue weighted by atomic mass is 10.1. The van der Waals surface area contributed by atoms with Crippen LogP contribution in [0, 0.1) is 12.7 Å². The van der Waals surface area contributed by atoms with E-state index < -0.39 is 5.82 Å². The molecule has 26 heavy (non-hydrogen) atoms. The van der Waals surface area contributed by atoms with E-state index in [1.807, 2.05) is 6.92 Å². The van der Waals surface area contributed by atoms with E-state index in [0.29, 0.717) is 29.7 Å². The molecular weight excluding hydrogens is 335 g/mol. The van der Waals surface area contributed by atoms with Gasteiger partial charge in [-0.3, -0.25) is 0 Å². The van der Waals surface area contributed by atoms with E-state index in [9.17, 15) is 4.39 Å². The second kappa shape index (κ2) is 6.90. The van der Waals surface area contributed by atoms with Crippen molar-refractivity contribution in [3.05, 3.63) is 47.6 Å². The molecule has 136 valence electrons. The van der Waals surface area contributed by atoms with Crippen LogP contribution in [0.1, 0.15) is 48.9 Å². The standard InChI is InChI=1S/C19H21FN4O2/c1-12-17(10-24-11-21-18(23-24)13-5-3-4-6-13)22-19(26-12)15-9-14(25-2)7-8-16(15)20/h7-9,11,13H,3-6,10H2,1-2H3. The Labute approximate surface area is 151 Å². The van der Waals surface area contributed by atoms with Gasteiger partial charge in [-0.2, -0.15) is 5.10 Å². The highest BCUT2D eigenvalue weighted by Gasteiger charge is 2.21. The van der Waals surface area contributed by atoms with E-state index in [0.717, 1.165) is 18.7 Å². The number of benzene rings is 1. The first-order valence-electron chi connectivity index (χ1n) is 8.83. The van der Waals surface area contributed by atoms with E-state index in [2.05, 4.69) is 15.1 Å². The first-order valence-corrected chi connectivity index (χ1v) is 8.83. The fourth-order valence-corrected chi connectivity index (χ4v) is 3.39. The van der Waals surface area contributed by atoms with Crippen LogP contribution in [0.4, 0.5) is 4.39 Å². The summed E-state index contributed by atoms with van der Waals surface area (Å²) >= 11 is 0. The summed E-state index contributed by atoms with van der Waals surface area (Å²) in [4.78, 5) is 8.91. The molecule has 0 atom stereocenters. The van der Waals surface area contributed by atoms with Crippen LogP contribution in [-0.2, 0) is 6.54 Å². The molecule has 0 unspecified atom stereocenters. The van der Waals surface area contributed by atoms with Gasteiger partial charge in [0.1, 0.15) is 29.3 Å². The third kappa shape index (κ3) is 3.21. The van der Waals surface area contributed by atoms with Gasteiger partial charge in [0, 0.05) is 5.92 Å². The Morgan fingerprint density at radius 1 is 1.31 bits per heavy atom. The molecule has 7 heteroatoms. The number of methoxy groups -OCH3 is 1. The molecule has 0 amide bonds. The van der Waals surface area contributed by atoms with E-state index in [4.69, 9.17) is 9.15 Å². The minimum Gasteiger partial charge on any atom is -0.497 e. The predicted octanol–water partition coefficient (Wildman–Crippen LogP) is 4.10. The van der Waals surface area contributed by atoms with Crippen LogP contribution in [0.2, 0.25) is 0 Å². The summed E-state index contributed by atoms with van der Waals surface area (Å²) < 4.78 is 26.8. The highest BCUT2D eigenvalue weighted by Crippen LogP contribution is 2.32. The van der Waals surface area contributed by atoms with Crippen molar-refractivity contribution >= 4 is 0 Å². The summed E-state index contributed by atoms with van der Waals surface area (Å²) in [7, 11) is 1.54. The SMILES string of the molecule is COc1ccc(F)c(-c2nc(Cn3cnc(C4CCCC4)n3)c(C)o2)c1. The third-order valence-corrected chi connectivity index (χ3v) is 4.88. The minimum absolute atomic E-state index is 0.241. The number of aryl methyl sites for hydroxylation is 1. The number of halogens is 1. The van der Waals surface area contributed by atoms with Crippen molar-refractivity contribution in [3.63, 3.8) is 0 Å². The van der Waals surface area contributed by atoms with Gasteiger partial charge in [-0.25, -0.2) is 19.0 Å². The molecule has 0 saturated heterocycles. The molecule has 1 aromatic carbocycles. The average molecular weight is 356 g/mol. The van der Waals surface area contributed by atoms with Crippen LogP contribution in [0.25, 0.3) is 11.5 Å². The summed E-state index contributed by atoms with van der Waals surface area (Å²) in [5.74, 6) is 2.41. The minimum atomic E-state index is -0.400. The van der Waals surface area contributed by atoms with Crippen molar-refractivity contribution in [1.82, 2.24) is 19.7 Å². The summed E-state index contributed by atoms with van der Waals surface area (Å²) in [6.07, 6.45) is 6.54. The van der Waals surface area contributed by atoms with Crippen molar-refractivity contribution in [1.29, 1.82) is 0 Å². The molecule has 1 aliphatic rings. The van der Waals surface area contributed by atoms with Crippen LogP contribution in [-0.4, -0.2) is 26.9 Å². The molecule has 2 heterocycles. The number of oxazole rings is 1. The molecule has 1 fully saturated rings. The molecule has 4 rings (SSSR count). The zero-order chi connectivity index (χ0) is 18.1. The zero-order valence-corrected chi connectivity index (χ0v) is 14.9. The van der Waals surface area contributed by atoms with Crippen LogP contribution in [0.3, 0.4) is 0 Å². The molecule has 2 aromatic heterocycles. The van der Waals surface area contributed by atoms with Crippen molar-refractivity contribution in [2.24, 2.45) is 0 Å². The molecule has 0 aliphatic heterocycles. The maximum Gasteiger partial charge on any atom is 0.229 e. The fraction of sp³-hybridized carbons (Fsp3) is 0.421. The average Bonchev–Trinajstić information content (AvgIpc) is 3.37. The van der Waals surface area contributed by atoms with Gasteiger partial charge in [-0.05, 0) is 38.0 Å². The van der Waals surface area contributed by atoms with E-state index >= 15 is 0 Å². The van der Waals surface area contributed by atoms with Crippen molar-refractivity contribution in [2.75, 3.05) is 7.11 Å². The fourth-order valence-electron chi connectivity index (χ4n) is 3.39. The van der Waals surface area contributed by atoms with E-state index in [1.165, 1.54) is 26.0 Å². The highest BCUT2D eigenvalue weighted by molar-refractivity contribution is 5.57. The molecule has 0 spiro atoms. The number of rotatable bonds is 5. The Kier molecular flexibility index (Phi) is 4.44. The molecule has 1 aliphatic carbocycles. The summed E-state index contributed by atoms with van der Waals surface area (Å²) in [5.41, 5.74) is 0.994.